The van der Waals surface area contributed by atoms with Gasteiger partial charge in [0.05, 0.1) is 39.6 Å². The summed E-state index contributed by atoms with van der Waals surface area (Å²) in [6.45, 7) is 2.48. The molecule has 2 heterocycles. The van der Waals surface area contributed by atoms with Crippen LogP contribution in [0.2, 0.25) is 0 Å². The van der Waals surface area contributed by atoms with Crippen LogP contribution in [0.4, 0.5) is 0 Å². The molecule has 0 bridgehead atoms. The lowest BCUT2D eigenvalue weighted by molar-refractivity contribution is -0.368. The van der Waals surface area contributed by atoms with E-state index < -0.39 is 80.0 Å². The first-order chi connectivity index (χ1) is 27.8. The summed E-state index contributed by atoms with van der Waals surface area (Å²) in [6, 6.07) is 38.6. The summed E-state index contributed by atoms with van der Waals surface area (Å²) in [7, 11) is 0. The molecular weight excluding hydrogens is 736 g/mol. The van der Waals surface area contributed by atoms with Crippen LogP contribution in [-0.2, 0) is 78.6 Å². The zero-order valence-corrected chi connectivity index (χ0v) is 31.9. The van der Waals surface area contributed by atoms with E-state index in [2.05, 4.69) is 0 Å². The number of rotatable bonds is 18. The molecule has 2 fully saturated rings. The van der Waals surface area contributed by atoms with Gasteiger partial charge in [-0.3, -0.25) is 9.59 Å². The molecule has 2 aliphatic heterocycles. The quantitative estimate of drug-likeness (QED) is 0.135. The van der Waals surface area contributed by atoms with Gasteiger partial charge in [-0.1, -0.05) is 121 Å². The van der Waals surface area contributed by atoms with Crippen molar-refractivity contribution >= 4 is 11.9 Å². The number of carbonyl (C=O) groups excluding carboxylic acids is 2. The molecule has 0 amide bonds. The molecule has 10 atom stereocenters. The summed E-state index contributed by atoms with van der Waals surface area (Å²) in [5, 5.41) is 21.4. The summed E-state index contributed by atoms with van der Waals surface area (Å²) in [5.74, 6) is -1.51. The molecule has 57 heavy (non-hydrogen) atoms. The van der Waals surface area contributed by atoms with Gasteiger partial charge >= 0.3 is 11.9 Å². The molecule has 13 heteroatoms. The fraction of sp³-hybridized carbons (Fsp3) is 0.409. The van der Waals surface area contributed by atoms with Gasteiger partial charge in [0.2, 0.25) is 0 Å². The summed E-state index contributed by atoms with van der Waals surface area (Å²) >= 11 is 0. The van der Waals surface area contributed by atoms with Crippen LogP contribution in [-0.4, -0.2) is 96.8 Å². The Bertz CT molecular complexity index is 1780. The van der Waals surface area contributed by atoms with Crippen molar-refractivity contribution in [1.82, 2.24) is 0 Å². The summed E-state index contributed by atoms with van der Waals surface area (Å²) in [4.78, 5) is 24.7. The van der Waals surface area contributed by atoms with E-state index in [1.54, 1.807) is 0 Å². The molecule has 0 aromatic heterocycles. The molecule has 4 aromatic carbocycles. The second kappa shape index (κ2) is 21.3. The summed E-state index contributed by atoms with van der Waals surface area (Å²) in [6.07, 6.45) is -12.0. The van der Waals surface area contributed by atoms with E-state index in [-0.39, 0.29) is 33.0 Å². The van der Waals surface area contributed by atoms with Crippen LogP contribution in [0.5, 0.6) is 0 Å². The average molecular weight is 787 g/mol. The molecule has 2 N–H and O–H groups in total. The smallest absolute Gasteiger partial charge is 0.303 e. The predicted molar refractivity (Wildman–Crippen MR) is 204 cm³/mol. The molecule has 0 unspecified atom stereocenters. The number of hydrogen-bond donors (Lipinski definition) is 2. The molecule has 2 aliphatic rings. The van der Waals surface area contributed by atoms with Crippen LogP contribution in [0, 0.1) is 0 Å². The molecule has 304 valence electrons. The van der Waals surface area contributed by atoms with Gasteiger partial charge in [-0.05, 0) is 22.3 Å². The number of aliphatic hydroxyl groups is 2. The third-order valence-corrected chi connectivity index (χ3v) is 9.53. The highest BCUT2D eigenvalue weighted by Crippen LogP contribution is 2.35. The fourth-order valence-electron chi connectivity index (χ4n) is 6.86. The highest BCUT2D eigenvalue weighted by atomic mass is 16.8. The van der Waals surface area contributed by atoms with Gasteiger partial charge in [-0.25, -0.2) is 0 Å². The van der Waals surface area contributed by atoms with Gasteiger partial charge in [0, 0.05) is 13.8 Å². The minimum absolute atomic E-state index is 0.0393. The molecular formula is C44H50O13. The van der Waals surface area contributed by atoms with Gasteiger partial charge in [0.25, 0.3) is 0 Å². The maximum absolute atomic E-state index is 12.5. The van der Waals surface area contributed by atoms with Crippen LogP contribution < -0.4 is 0 Å². The van der Waals surface area contributed by atoms with Gasteiger partial charge in [-0.2, -0.15) is 0 Å². The molecule has 0 saturated carbocycles. The standard InChI is InChI=1S/C44H50O13/c1-29(46)53-40-38(35(23-45)55-43(48)41(40)54-30(2)47)57-44-42(52-27-34-21-13-6-14-22-34)39(51-26-33-19-11-5-12-20-33)37(50-25-32-17-9-4-10-18-32)36(56-44)28-49-24-31-15-7-3-8-16-31/h3-22,35-45,48H,23-28H2,1-2H3/t35-,36-,37+,38+,39+,40+,41-,42-,43-,44-/m1/s1. The monoisotopic (exact) mass is 786 g/mol. The van der Waals surface area contributed by atoms with Gasteiger partial charge < -0.3 is 52.8 Å². The largest absolute Gasteiger partial charge is 0.455 e. The summed E-state index contributed by atoms with van der Waals surface area (Å²) < 4.78 is 56.6. The van der Waals surface area contributed by atoms with Crippen molar-refractivity contribution in [2.45, 2.75) is 102 Å². The van der Waals surface area contributed by atoms with Crippen molar-refractivity contribution in [3.63, 3.8) is 0 Å². The highest BCUT2D eigenvalue weighted by molar-refractivity contribution is 5.67. The van der Waals surface area contributed by atoms with E-state index in [1.807, 2.05) is 121 Å². The average Bonchev–Trinajstić information content (AvgIpc) is 3.22. The van der Waals surface area contributed by atoms with Crippen molar-refractivity contribution in [2.75, 3.05) is 13.2 Å². The van der Waals surface area contributed by atoms with E-state index in [4.69, 9.17) is 42.6 Å². The Labute approximate surface area is 332 Å². The SMILES string of the molecule is CC(=O)O[C@@H]1[C@@H](OC(C)=O)[C@H](O)O[C@H](CO)[C@@H]1O[C@H]1O[C@H](COCc2ccccc2)[C@H](OCc2ccccc2)[C@H](OCc2ccccc2)[C@H]1OCc1ccccc1. The van der Waals surface area contributed by atoms with Crippen LogP contribution in [0.3, 0.4) is 0 Å². The Kier molecular flexibility index (Phi) is 15.7. The molecule has 0 radical (unpaired) electrons. The number of esters is 2. The van der Waals surface area contributed by atoms with Gasteiger partial charge in [-0.15, -0.1) is 0 Å². The normalized spacial score (nSPS) is 27.4. The van der Waals surface area contributed by atoms with Crippen molar-refractivity contribution in [3.05, 3.63) is 144 Å². The first-order valence-corrected chi connectivity index (χ1v) is 19.0. The highest BCUT2D eigenvalue weighted by Gasteiger charge is 2.55. The summed E-state index contributed by atoms with van der Waals surface area (Å²) in [5.41, 5.74) is 3.63. The number of carbonyl (C=O) groups is 2. The fourth-order valence-corrected chi connectivity index (χ4v) is 6.86. The van der Waals surface area contributed by atoms with Crippen LogP contribution in [0.15, 0.2) is 121 Å². The third kappa shape index (κ3) is 12.0. The molecule has 13 nitrogen and oxygen atoms in total. The van der Waals surface area contributed by atoms with E-state index in [1.165, 1.54) is 6.92 Å². The first kappa shape index (κ1) is 42.1. The molecule has 0 aliphatic carbocycles. The third-order valence-electron chi connectivity index (χ3n) is 9.53. The van der Waals surface area contributed by atoms with Crippen LogP contribution >= 0.6 is 0 Å². The minimum Gasteiger partial charge on any atom is -0.455 e. The Morgan fingerprint density at radius 3 is 1.44 bits per heavy atom. The lowest BCUT2D eigenvalue weighted by atomic mass is 9.96. The Hall–Kier alpha value is -4.54. The maximum atomic E-state index is 12.5. The Morgan fingerprint density at radius 2 is 0.965 bits per heavy atom. The van der Waals surface area contributed by atoms with Crippen LogP contribution in [0.25, 0.3) is 0 Å². The lowest BCUT2D eigenvalue weighted by Gasteiger charge is -2.49. The predicted octanol–water partition coefficient (Wildman–Crippen LogP) is 4.64. The van der Waals surface area contributed by atoms with Crippen molar-refractivity contribution in [1.29, 1.82) is 0 Å². The lowest BCUT2D eigenvalue weighted by Crippen LogP contribution is -2.66. The molecule has 2 saturated heterocycles. The zero-order chi connectivity index (χ0) is 40.0. The van der Waals surface area contributed by atoms with Crippen molar-refractivity contribution in [3.8, 4) is 0 Å². The van der Waals surface area contributed by atoms with E-state index in [9.17, 15) is 19.8 Å². The van der Waals surface area contributed by atoms with E-state index in [0.29, 0.717) is 0 Å². The van der Waals surface area contributed by atoms with Gasteiger partial charge in [0.1, 0.15) is 36.6 Å². The maximum Gasteiger partial charge on any atom is 0.303 e. The number of benzene rings is 4. The Balaban J connectivity index is 1.39. The topological polar surface area (TPSA) is 158 Å². The molecule has 0 spiro atoms. The molecule has 4 aromatic rings. The van der Waals surface area contributed by atoms with Crippen molar-refractivity contribution < 1.29 is 62.4 Å². The van der Waals surface area contributed by atoms with E-state index >= 15 is 0 Å². The first-order valence-electron chi connectivity index (χ1n) is 19.0. The second-order valence-electron chi connectivity index (χ2n) is 13.8. The molecule has 6 rings (SSSR count). The Morgan fingerprint density at radius 1 is 0.526 bits per heavy atom. The van der Waals surface area contributed by atoms with E-state index in [0.717, 1.165) is 29.2 Å². The number of hydrogen-bond acceptors (Lipinski definition) is 13. The second-order valence-corrected chi connectivity index (χ2v) is 13.8. The van der Waals surface area contributed by atoms with Gasteiger partial charge in [0.15, 0.2) is 24.8 Å². The zero-order valence-electron chi connectivity index (χ0n) is 31.9. The van der Waals surface area contributed by atoms with Crippen LogP contribution in [0.1, 0.15) is 36.1 Å². The number of ether oxygens (including phenoxy) is 9. The minimum atomic E-state index is -1.75. The number of aliphatic hydroxyl groups excluding tert-OH is 2. The van der Waals surface area contributed by atoms with Crippen molar-refractivity contribution in [2.24, 2.45) is 0 Å².